The van der Waals surface area contributed by atoms with Gasteiger partial charge in [0, 0.05) is 11.4 Å². The van der Waals surface area contributed by atoms with Gasteiger partial charge in [0.25, 0.3) is 5.91 Å². The number of amides is 1. The molecule has 0 bridgehead atoms. The number of rotatable bonds is 5. The van der Waals surface area contributed by atoms with E-state index in [2.05, 4.69) is 5.32 Å². The van der Waals surface area contributed by atoms with E-state index in [0.29, 0.717) is 22.9 Å². The normalized spacial score (nSPS) is 10.0. The topological polar surface area (TPSA) is 73.6 Å². The summed E-state index contributed by atoms with van der Waals surface area (Å²) in [6.07, 6.45) is 0. The molecule has 2 rings (SSSR count). The van der Waals surface area contributed by atoms with E-state index >= 15 is 0 Å². The predicted molar refractivity (Wildman–Crippen MR) is 82.7 cm³/mol. The standard InChI is InChI=1S/C16H18N2O3/c1-11-12(17)6-5-7-13(11)18-16(19)10-21-15-9-4-3-8-14(15)20-2/h3-9H,10,17H2,1-2H3,(H,18,19). The van der Waals surface area contributed by atoms with Crippen LogP contribution in [0.3, 0.4) is 0 Å². The van der Waals surface area contributed by atoms with Crippen molar-refractivity contribution < 1.29 is 14.3 Å². The Kier molecular flexibility index (Phi) is 4.66. The first-order chi connectivity index (χ1) is 10.1. The molecule has 0 radical (unpaired) electrons. The number of carbonyl (C=O) groups excluding carboxylic acids is 1. The minimum atomic E-state index is -0.255. The number of anilines is 2. The second kappa shape index (κ2) is 6.65. The van der Waals surface area contributed by atoms with E-state index in [9.17, 15) is 4.79 Å². The minimum absolute atomic E-state index is 0.103. The van der Waals surface area contributed by atoms with E-state index in [0.717, 1.165) is 5.56 Å². The van der Waals surface area contributed by atoms with Gasteiger partial charge in [-0.2, -0.15) is 0 Å². The second-order valence-electron chi connectivity index (χ2n) is 4.51. The van der Waals surface area contributed by atoms with E-state index in [1.807, 2.05) is 19.1 Å². The third-order valence-corrected chi connectivity index (χ3v) is 3.08. The van der Waals surface area contributed by atoms with Crippen LogP contribution in [0.15, 0.2) is 42.5 Å². The Hall–Kier alpha value is -2.69. The molecule has 0 aliphatic rings. The summed E-state index contributed by atoms with van der Waals surface area (Å²) < 4.78 is 10.6. The van der Waals surface area contributed by atoms with E-state index in [1.165, 1.54) is 0 Å². The van der Waals surface area contributed by atoms with Crippen LogP contribution in [0.1, 0.15) is 5.56 Å². The van der Waals surface area contributed by atoms with Crippen LogP contribution in [-0.4, -0.2) is 19.6 Å². The largest absolute Gasteiger partial charge is 0.493 e. The van der Waals surface area contributed by atoms with Crippen LogP contribution in [0.2, 0.25) is 0 Å². The van der Waals surface area contributed by atoms with Gasteiger partial charge in [-0.15, -0.1) is 0 Å². The Morgan fingerprint density at radius 2 is 1.86 bits per heavy atom. The van der Waals surface area contributed by atoms with Crippen LogP contribution in [0.5, 0.6) is 11.5 Å². The van der Waals surface area contributed by atoms with Crippen molar-refractivity contribution in [2.75, 3.05) is 24.8 Å². The molecule has 0 aromatic heterocycles. The van der Waals surface area contributed by atoms with Crippen LogP contribution in [0, 0.1) is 6.92 Å². The lowest BCUT2D eigenvalue weighted by molar-refractivity contribution is -0.118. The number of nitrogen functional groups attached to an aromatic ring is 1. The summed E-state index contributed by atoms with van der Waals surface area (Å²) in [6.45, 7) is 1.75. The lowest BCUT2D eigenvalue weighted by Gasteiger charge is -2.12. The molecule has 5 heteroatoms. The molecule has 110 valence electrons. The van der Waals surface area contributed by atoms with E-state index in [1.54, 1.807) is 37.4 Å². The fraction of sp³-hybridized carbons (Fsp3) is 0.188. The highest BCUT2D eigenvalue weighted by molar-refractivity contribution is 5.93. The third-order valence-electron chi connectivity index (χ3n) is 3.08. The number of carbonyl (C=O) groups is 1. The fourth-order valence-corrected chi connectivity index (χ4v) is 1.86. The van der Waals surface area contributed by atoms with E-state index in [-0.39, 0.29) is 12.5 Å². The monoisotopic (exact) mass is 286 g/mol. The van der Waals surface area contributed by atoms with Crippen molar-refractivity contribution in [3.8, 4) is 11.5 Å². The molecule has 2 aromatic rings. The highest BCUT2D eigenvalue weighted by Crippen LogP contribution is 2.26. The van der Waals surface area contributed by atoms with Crippen molar-refractivity contribution in [3.63, 3.8) is 0 Å². The molecule has 0 aliphatic heterocycles. The van der Waals surface area contributed by atoms with Crippen molar-refractivity contribution in [2.45, 2.75) is 6.92 Å². The van der Waals surface area contributed by atoms with E-state index in [4.69, 9.17) is 15.2 Å². The van der Waals surface area contributed by atoms with Crippen LogP contribution < -0.4 is 20.5 Å². The molecular weight excluding hydrogens is 268 g/mol. The summed E-state index contributed by atoms with van der Waals surface area (Å²) in [6, 6.07) is 12.6. The van der Waals surface area contributed by atoms with Gasteiger partial charge in [-0.1, -0.05) is 18.2 Å². The molecule has 0 saturated carbocycles. The third kappa shape index (κ3) is 3.66. The van der Waals surface area contributed by atoms with Crippen LogP contribution in [-0.2, 0) is 4.79 Å². The Balaban J connectivity index is 1.98. The maximum Gasteiger partial charge on any atom is 0.262 e. The number of hydrogen-bond donors (Lipinski definition) is 2. The molecule has 21 heavy (non-hydrogen) atoms. The van der Waals surface area contributed by atoms with Gasteiger partial charge < -0.3 is 20.5 Å². The highest BCUT2D eigenvalue weighted by Gasteiger charge is 2.09. The first-order valence-electron chi connectivity index (χ1n) is 6.52. The zero-order chi connectivity index (χ0) is 15.2. The number of ether oxygens (including phenoxy) is 2. The van der Waals surface area contributed by atoms with E-state index < -0.39 is 0 Å². The summed E-state index contributed by atoms with van der Waals surface area (Å²) >= 11 is 0. The number of nitrogens with two attached hydrogens (primary N) is 1. The fourth-order valence-electron chi connectivity index (χ4n) is 1.86. The number of benzene rings is 2. The van der Waals surface area contributed by atoms with Gasteiger partial charge in [0.05, 0.1) is 7.11 Å². The summed E-state index contributed by atoms with van der Waals surface area (Å²) in [5.74, 6) is 0.861. The average Bonchev–Trinajstić information content (AvgIpc) is 2.50. The molecule has 2 aromatic carbocycles. The first kappa shape index (κ1) is 14.7. The molecule has 3 N–H and O–H groups in total. The zero-order valence-electron chi connectivity index (χ0n) is 12.1. The van der Waals surface area contributed by atoms with Crippen molar-refractivity contribution in [1.29, 1.82) is 0 Å². The molecule has 0 aliphatic carbocycles. The van der Waals surface area contributed by atoms with Crippen molar-refractivity contribution in [2.24, 2.45) is 0 Å². The number of hydrogen-bond acceptors (Lipinski definition) is 4. The van der Waals surface area contributed by atoms with Crippen LogP contribution >= 0.6 is 0 Å². The summed E-state index contributed by atoms with van der Waals surface area (Å²) in [5.41, 5.74) is 7.96. The molecule has 0 heterocycles. The van der Waals surface area contributed by atoms with Gasteiger partial charge in [-0.3, -0.25) is 4.79 Å². The van der Waals surface area contributed by atoms with Crippen molar-refractivity contribution in [1.82, 2.24) is 0 Å². The molecule has 0 saturated heterocycles. The van der Waals surface area contributed by atoms with Gasteiger partial charge in [0.15, 0.2) is 18.1 Å². The molecule has 0 atom stereocenters. The molecule has 0 unspecified atom stereocenters. The van der Waals surface area contributed by atoms with Gasteiger partial charge in [0.2, 0.25) is 0 Å². The molecule has 5 nitrogen and oxygen atoms in total. The number of nitrogens with one attached hydrogen (secondary N) is 1. The second-order valence-corrected chi connectivity index (χ2v) is 4.51. The zero-order valence-corrected chi connectivity index (χ0v) is 12.1. The summed E-state index contributed by atoms with van der Waals surface area (Å²) in [5, 5.41) is 2.77. The van der Waals surface area contributed by atoms with Gasteiger partial charge in [-0.25, -0.2) is 0 Å². The van der Waals surface area contributed by atoms with Crippen LogP contribution in [0.4, 0.5) is 11.4 Å². The maximum absolute atomic E-state index is 11.9. The summed E-state index contributed by atoms with van der Waals surface area (Å²) in [7, 11) is 1.55. The maximum atomic E-state index is 11.9. The minimum Gasteiger partial charge on any atom is -0.493 e. The lowest BCUT2D eigenvalue weighted by Crippen LogP contribution is -2.21. The van der Waals surface area contributed by atoms with Crippen molar-refractivity contribution in [3.05, 3.63) is 48.0 Å². The first-order valence-corrected chi connectivity index (χ1v) is 6.52. The Labute approximate surface area is 123 Å². The van der Waals surface area contributed by atoms with Gasteiger partial charge >= 0.3 is 0 Å². The molecule has 0 fully saturated rings. The summed E-state index contributed by atoms with van der Waals surface area (Å²) in [4.78, 5) is 11.9. The smallest absolute Gasteiger partial charge is 0.262 e. The molecule has 1 amide bonds. The number of methoxy groups -OCH3 is 1. The molecule has 0 spiro atoms. The molecular formula is C16H18N2O3. The highest BCUT2D eigenvalue weighted by atomic mass is 16.5. The van der Waals surface area contributed by atoms with Gasteiger partial charge in [0.1, 0.15) is 0 Å². The quantitative estimate of drug-likeness (QED) is 0.829. The SMILES string of the molecule is COc1ccccc1OCC(=O)Nc1cccc(N)c1C. The Morgan fingerprint density at radius 3 is 2.57 bits per heavy atom. The van der Waals surface area contributed by atoms with Crippen LogP contribution in [0.25, 0.3) is 0 Å². The predicted octanol–water partition coefficient (Wildman–Crippen LogP) is 2.60. The lowest BCUT2D eigenvalue weighted by atomic mass is 10.1. The van der Waals surface area contributed by atoms with Gasteiger partial charge in [-0.05, 0) is 36.8 Å². The Morgan fingerprint density at radius 1 is 1.14 bits per heavy atom. The van der Waals surface area contributed by atoms with Crippen molar-refractivity contribution >= 4 is 17.3 Å². The average molecular weight is 286 g/mol. The Bertz CT molecular complexity index is 641. The number of para-hydroxylation sites is 2.